The van der Waals surface area contributed by atoms with Crippen molar-refractivity contribution in [3.05, 3.63) is 34.4 Å². The van der Waals surface area contributed by atoms with Crippen LogP contribution in [-0.4, -0.2) is 4.57 Å². The number of hydrogen-bond donors (Lipinski definition) is 0. The van der Waals surface area contributed by atoms with Crippen LogP contribution in [0.3, 0.4) is 0 Å². The predicted octanol–water partition coefficient (Wildman–Crippen LogP) is 3.73. The maximum absolute atomic E-state index is 3.51. The van der Waals surface area contributed by atoms with Crippen molar-refractivity contribution in [2.45, 2.75) is 20.4 Å². The number of hydrogen-bond acceptors (Lipinski definition) is 0. The Kier molecular flexibility index (Phi) is 2.16. The molecule has 0 aliphatic heterocycles. The second-order valence-electron chi connectivity index (χ2n) is 3.26. The summed E-state index contributed by atoms with van der Waals surface area (Å²) in [6, 6.07) is 6.49. The first-order valence-electron chi connectivity index (χ1n) is 4.47. The Morgan fingerprint density at radius 1 is 1.38 bits per heavy atom. The summed E-state index contributed by atoms with van der Waals surface area (Å²) in [5, 5.41) is 1.31. The largest absolute Gasteiger partial charge is 0.348 e. The third kappa shape index (κ3) is 1.39. The summed E-state index contributed by atoms with van der Waals surface area (Å²) in [6.07, 6.45) is 2.14. The van der Waals surface area contributed by atoms with E-state index in [-0.39, 0.29) is 0 Å². The minimum absolute atomic E-state index is 1.03. The molecule has 0 fully saturated rings. The van der Waals surface area contributed by atoms with Crippen LogP contribution in [0.5, 0.6) is 0 Å². The van der Waals surface area contributed by atoms with Gasteiger partial charge in [0.15, 0.2) is 0 Å². The fraction of sp³-hybridized carbons (Fsp3) is 0.273. The highest BCUT2D eigenvalue weighted by Crippen LogP contribution is 2.24. The Bertz CT molecular complexity index is 443. The summed E-state index contributed by atoms with van der Waals surface area (Å²) in [5.74, 6) is 0. The van der Waals surface area contributed by atoms with Crippen LogP contribution in [0.2, 0.25) is 0 Å². The zero-order valence-corrected chi connectivity index (χ0v) is 9.43. The van der Waals surface area contributed by atoms with Gasteiger partial charge in [0.05, 0.1) is 5.52 Å². The first kappa shape index (κ1) is 8.82. The maximum atomic E-state index is 3.51. The average molecular weight is 238 g/mol. The van der Waals surface area contributed by atoms with Crippen molar-refractivity contribution >= 4 is 26.8 Å². The molecule has 68 valence electrons. The van der Waals surface area contributed by atoms with Crippen molar-refractivity contribution in [3.63, 3.8) is 0 Å². The highest BCUT2D eigenvalue weighted by Gasteiger charge is 2.03. The van der Waals surface area contributed by atoms with Gasteiger partial charge in [0.1, 0.15) is 0 Å². The van der Waals surface area contributed by atoms with E-state index in [1.165, 1.54) is 16.5 Å². The van der Waals surface area contributed by atoms with Crippen molar-refractivity contribution in [2.24, 2.45) is 0 Å². The molecule has 0 saturated heterocycles. The van der Waals surface area contributed by atoms with Crippen LogP contribution in [0.15, 0.2) is 28.9 Å². The molecule has 0 unspecified atom stereocenters. The zero-order valence-electron chi connectivity index (χ0n) is 7.84. The van der Waals surface area contributed by atoms with Gasteiger partial charge in [0, 0.05) is 22.6 Å². The van der Waals surface area contributed by atoms with E-state index in [2.05, 4.69) is 58.7 Å². The third-order valence-corrected chi connectivity index (χ3v) is 2.81. The van der Waals surface area contributed by atoms with Crippen molar-refractivity contribution in [1.29, 1.82) is 0 Å². The van der Waals surface area contributed by atoms with Gasteiger partial charge >= 0.3 is 0 Å². The van der Waals surface area contributed by atoms with Crippen LogP contribution in [0.4, 0.5) is 0 Å². The smallest absolute Gasteiger partial charge is 0.0510 e. The summed E-state index contributed by atoms with van der Waals surface area (Å²) < 4.78 is 3.43. The normalized spacial score (nSPS) is 11.0. The van der Waals surface area contributed by atoms with Gasteiger partial charge in [-0.15, -0.1) is 0 Å². The van der Waals surface area contributed by atoms with Crippen molar-refractivity contribution < 1.29 is 0 Å². The molecule has 0 spiro atoms. The molecule has 0 radical (unpaired) electrons. The molecule has 0 aliphatic carbocycles. The van der Waals surface area contributed by atoms with Crippen LogP contribution < -0.4 is 0 Å². The fourth-order valence-electron chi connectivity index (χ4n) is 1.79. The fourth-order valence-corrected chi connectivity index (χ4v) is 2.38. The van der Waals surface area contributed by atoms with Gasteiger partial charge < -0.3 is 4.57 Å². The van der Waals surface area contributed by atoms with Gasteiger partial charge in [-0.05, 0) is 37.6 Å². The third-order valence-electron chi connectivity index (χ3n) is 2.36. The summed E-state index contributed by atoms with van der Waals surface area (Å²) in [5.41, 5.74) is 2.68. The molecule has 2 aromatic rings. The van der Waals surface area contributed by atoms with E-state index in [1.54, 1.807) is 0 Å². The Morgan fingerprint density at radius 2 is 2.15 bits per heavy atom. The molecule has 2 rings (SSSR count). The topological polar surface area (TPSA) is 4.93 Å². The van der Waals surface area contributed by atoms with E-state index < -0.39 is 0 Å². The van der Waals surface area contributed by atoms with Crippen LogP contribution in [-0.2, 0) is 6.54 Å². The number of aryl methyl sites for hydroxylation is 2. The number of aromatic nitrogens is 1. The van der Waals surface area contributed by atoms with Crippen molar-refractivity contribution in [3.8, 4) is 0 Å². The lowest BCUT2D eigenvalue weighted by molar-refractivity contribution is 0.795. The maximum Gasteiger partial charge on any atom is 0.0510 e. The lowest BCUT2D eigenvalue weighted by Crippen LogP contribution is -1.92. The standard InChI is InChI=1S/C11H12BrN/c1-3-13-5-4-9-7-10(12)6-8(2)11(9)13/h4-7H,3H2,1-2H3. The second kappa shape index (κ2) is 3.18. The summed E-state index contributed by atoms with van der Waals surface area (Å²) in [4.78, 5) is 0. The van der Waals surface area contributed by atoms with Crippen molar-refractivity contribution in [2.75, 3.05) is 0 Å². The minimum atomic E-state index is 1.03. The SMILES string of the molecule is CCn1ccc2cc(Br)cc(C)c21. The van der Waals surface area contributed by atoms with Crippen LogP contribution in [0, 0.1) is 6.92 Å². The molecule has 1 aromatic heterocycles. The predicted molar refractivity (Wildman–Crippen MR) is 60.0 cm³/mol. The minimum Gasteiger partial charge on any atom is -0.348 e. The van der Waals surface area contributed by atoms with Gasteiger partial charge in [0.25, 0.3) is 0 Å². The molecule has 1 nitrogen and oxygen atoms in total. The van der Waals surface area contributed by atoms with Crippen molar-refractivity contribution in [1.82, 2.24) is 4.57 Å². The lowest BCUT2D eigenvalue weighted by atomic mass is 10.2. The molecule has 1 heterocycles. The number of halogens is 1. The molecule has 13 heavy (non-hydrogen) atoms. The molecule has 1 aromatic carbocycles. The van der Waals surface area contributed by atoms with Crippen LogP contribution in [0.1, 0.15) is 12.5 Å². The highest BCUT2D eigenvalue weighted by molar-refractivity contribution is 9.10. The van der Waals surface area contributed by atoms with Gasteiger partial charge in [-0.1, -0.05) is 15.9 Å². The van der Waals surface area contributed by atoms with Crippen LogP contribution >= 0.6 is 15.9 Å². The molecule has 2 heteroatoms. The molecule has 0 amide bonds. The monoisotopic (exact) mass is 237 g/mol. The summed E-state index contributed by atoms with van der Waals surface area (Å²) in [6.45, 7) is 5.35. The Morgan fingerprint density at radius 3 is 2.85 bits per heavy atom. The van der Waals surface area contributed by atoms with Crippen LogP contribution in [0.25, 0.3) is 10.9 Å². The lowest BCUT2D eigenvalue weighted by Gasteiger charge is -2.04. The molecular formula is C11H12BrN. The number of rotatable bonds is 1. The van der Waals surface area contributed by atoms with E-state index in [1.807, 2.05) is 0 Å². The summed E-state index contributed by atoms with van der Waals surface area (Å²) >= 11 is 3.51. The molecule has 0 bridgehead atoms. The van der Waals surface area contributed by atoms with Gasteiger partial charge in [-0.2, -0.15) is 0 Å². The zero-order chi connectivity index (χ0) is 9.42. The molecular weight excluding hydrogens is 226 g/mol. The van der Waals surface area contributed by atoms with E-state index >= 15 is 0 Å². The Balaban J connectivity index is 2.82. The van der Waals surface area contributed by atoms with E-state index in [9.17, 15) is 0 Å². The Labute approximate surface area is 86.5 Å². The molecule has 0 N–H and O–H groups in total. The average Bonchev–Trinajstić information content (AvgIpc) is 2.47. The van der Waals surface area contributed by atoms with Gasteiger partial charge in [-0.25, -0.2) is 0 Å². The van der Waals surface area contributed by atoms with E-state index in [0.29, 0.717) is 0 Å². The molecule has 0 saturated carbocycles. The molecule has 0 aliphatic rings. The molecule has 0 atom stereocenters. The van der Waals surface area contributed by atoms with E-state index in [4.69, 9.17) is 0 Å². The highest BCUT2D eigenvalue weighted by atomic mass is 79.9. The number of benzene rings is 1. The van der Waals surface area contributed by atoms with Gasteiger partial charge in [0.2, 0.25) is 0 Å². The quantitative estimate of drug-likeness (QED) is 0.713. The number of fused-ring (bicyclic) bond motifs is 1. The first-order valence-corrected chi connectivity index (χ1v) is 5.26. The number of nitrogens with zero attached hydrogens (tertiary/aromatic N) is 1. The van der Waals surface area contributed by atoms with E-state index in [0.717, 1.165) is 11.0 Å². The summed E-state index contributed by atoms with van der Waals surface area (Å²) in [7, 11) is 0. The second-order valence-corrected chi connectivity index (χ2v) is 4.18. The Hall–Kier alpha value is -0.760. The first-order chi connectivity index (χ1) is 6.22. The van der Waals surface area contributed by atoms with Gasteiger partial charge in [-0.3, -0.25) is 0 Å².